The van der Waals surface area contributed by atoms with E-state index in [4.69, 9.17) is 9.84 Å². The van der Waals surface area contributed by atoms with Gasteiger partial charge in [-0.2, -0.15) is 0 Å². The van der Waals surface area contributed by atoms with Gasteiger partial charge in [-0.25, -0.2) is 0 Å². The molecule has 0 bridgehead atoms. The van der Waals surface area contributed by atoms with E-state index in [0.29, 0.717) is 6.61 Å². The van der Waals surface area contributed by atoms with Gasteiger partial charge >= 0.3 is 0 Å². The van der Waals surface area contributed by atoms with Crippen LogP contribution in [0.3, 0.4) is 0 Å². The summed E-state index contributed by atoms with van der Waals surface area (Å²) >= 11 is 0. The van der Waals surface area contributed by atoms with E-state index in [2.05, 4.69) is 5.32 Å². The van der Waals surface area contributed by atoms with Crippen LogP contribution in [0.5, 0.6) is 0 Å². The van der Waals surface area contributed by atoms with E-state index in [9.17, 15) is 5.11 Å². The van der Waals surface area contributed by atoms with E-state index >= 15 is 0 Å². The van der Waals surface area contributed by atoms with Crippen LogP contribution in [-0.2, 0) is 4.74 Å². The Morgan fingerprint density at radius 1 is 1.45 bits per heavy atom. The average Bonchev–Trinajstić information content (AvgIpc) is 1.99. The number of rotatable bonds is 1. The highest BCUT2D eigenvalue weighted by Gasteiger charge is 2.34. The average molecular weight is 161 g/mol. The summed E-state index contributed by atoms with van der Waals surface area (Å²) < 4.78 is 4.90. The summed E-state index contributed by atoms with van der Waals surface area (Å²) in [6, 6.07) is -0.0706. The molecular weight excluding hydrogens is 146 g/mol. The topological polar surface area (TPSA) is 61.7 Å². The van der Waals surface area contributed by atoms with Crippen LogP contribution >= 0.6 is 0 Å². The molecule has 0 radical (unpaired) electrons. The molecule has 0 spiro atoms. The molecule has 0 aliphatic carbocycles. The van der Waals surface area contributed by atoms with Crippen LogP contribution in [-0.4, -0.2) is 42.3 Å². The van der Waals surface area contributed by atoms with Gasteiger partial charge in [-0.15, -0.1) is 0 Å². The van der Waals surface area contributed by atoms with Gasteiger partial charge in [0.05, 0.1) is 6.61 Å². The first kappa shape index (κ1) is 8.93. The number of likely N-dealkylation sites (N-methyl/N-ethyl adjacent to an activating group) is 1. The third kappa shape index (κ3) is 1.70. The second-order valence-corrected chi connectivity index (χ2v) is 3.01. The van der Waals surface area contributed by atoms with Gasteiger partial charge < -0.3 is 20.3 Å². The van der Waals surface area contributed by atoms with E-state index in [1.165, 1.54) is 0 Å². The van der Waals surface area contributed by atoms with E-state index in [0.717, 1.165) is 0 Å². The molecule has 1 unspecified atom stereocenters. The molecule has 4 nitrogen and oxygen atoms in total. The van der Waals surface area contributed by atoms with Crippen molar-refractivity contribution in [3.05, 3.63) is 0 Å². The third-order valence-electron chi connectivity index (χ3n) is 2.14. The SMILES string of the molecule is CN[C@H]1C(C)CO[C@H](O)[C@@H]1O. The largest absolute Gasteiger partial charge is 0.386 e. The summed E-state index contributed by atoms with van der Waals surface area (Å²) in [6.07, 6.45) is -1.85. The minimum atomic E-state index is -1.04. The van der Waals surface area contributed by atoms with Gasteiger partial charge in [-0.3, -0.25) is 0 Å². The lowest BCUT2D eigenvalue weighted by molar-refractivity contribution is -0.208. The highest BCUT2D eigenvalue weighted by atomic mass is 16.6. The van der Waals surface area contributed by atoms with Crippen molar-refractivity contribution < 1.29 is 14.9 Å². The number of ether oxygens (including phenoxy) is 1. The standard InChI is InChI=1S/C7H15NO3/c1-4-3-11-7(10)6(9)5(4)8-2/h4-10H,3H2,1-2H3/t4?,5-,6+,7-/m0/s1. The van der Waals surface area contributed by atoms with Crippen molar-refractivity contribution in [2.24, 2.45) is 5.92 Å². The van der Waals surface area contributed by atoms with E-state index in [1.807, 2.05) is 6.92 Å². The fraction of sp³-hybridized carbons (Fsp3) is 1.00. The number of hydrogen-bond donors (Lipinski definition) is 3. The number of nitrogens with one attached hydrogen (secondary N) is 1. The summed E-state index contributed by atoms with van der Waals surface area (Å²) in [4.78, 5) is 0. The Hall–Kier alpha value is -0.160. The number of aliphatic hydroxyl groups is 2. The molecule has 0 saturated carbocycles. The van der Waals surface area contributed by atoms with Gasteiger partial charge in [0.2, 0.25) is 0 Å². The Balaban J connectivity index is 2.55. The molecule has 11 heavy (non-hydrogen) atoms. The molecule has 1 saturated heterocycles. The maximum absolute atomic E-state index is 9.37. The van der Waals surface area contributed by atoms with Crippen molar-refractivity contribution in [3.8, 4) is 0 Å². The molecule has 0 aromatic rings. The van der Waals surface area contributed by atoms with Gasteiger partial charge in [0.25, 0.3) is 0 Å². The molecular formula is C7H15NO3. The van der Waals surface area contributed by atoms with Crippen molar-refractivity contribution >= 4 is 0 Å². The highest BCUT2D eigenvalue weighted by Crippen LogP contribution is 2.17. The van der Waals surface area contributed by atoms with Crippen LogP contribution in [0.4, 0.5) is 0 Å². The zero-order valence-corrected chi connectivity index (χ0v) is 6.82. The minimum Gasteiger partial charge on any atom is -0.386 e. The van der Waals surface area contributed by atoms with E-state index < -0.39 is 12.4 Å². The van der Waals surface area contributed by atoms with Crippen molar-refractivity contribution in [2.75, 3.05) is 13.7 Å². The first-order valence-corrected chi connectivity index (χ1v) is 3.82. The summed E-state index contributed by atoms with van der Waals surface area (Å²) in [5, 5.41) is 21.4. The van der Waals surface area contributed by atoms with Crippen molar-refractivity contribution in [1.82, 2.24) is 5.32 Å². The maximum Gasteiger partial charge on any atom is 0.182 e. The van der Waals surface area contributed by atoms with Crippen LogP contribution in [0.25, 0.3) is 0 Å². The Kier molecular flexibility index (Phi) is 2.84. The first-order valence-electron chi connectivity index (χ1n) is 3.82. The second kappa shape index (κ2) is 3.49. The van der Waals surface area contributed by atoms with Crippen LogP contribution in [0, 0.1) is 5.92 Å². The quantitative estimate of drug-likeness (QED) is 0.458. The molecule has 3 N–H and O–H groups in total. The lowest BCUT2D eigenvalue weighted by atomic mass is 9.95. The monoisotopic (exact) mass is 161 g/mol. The van der Waals surface area contributed by atoms with E-state index in [1.54, 1.807) is 7.05 Å². The molecule has 4 heteroatoms. The lowest BCUT2D eigenvalue weighted by Gasteiger charge is -2.36. The predicted octanol–water partition coefficient (Wildman–Crippen LogP) is -1.08. The van der Waals surface area contributed by atoms with Crippen molar-refractivity contribution in [1.29, 1.82) is 0 Å². The minimum absolute atomic E-state index is 0.0706. The summed E-state index contributed by atoms with van der Waals surface area (Å²) in [5.41, 5.74) is 0. The van der Waals surface area contributed by atoms with Gasteiger partial charge in [-0.05, 0) is 13.0 Å². The fourth-order valence-electron chi connectivity index (χ4n) is 1.42. The summed E-state index contributed by atoms with van der Waals surface area (Å²) in [6.45, 7) is 2.46. The Bertz CT molecular complexity index is 131. The molecule has 1 heterocycles. The zero-order valence-electron chi connectivity index (χ0n) is 6.82. The maximum atomic E-state index is 9.37. The molecule has 1 aliphatic heterocycles. The van der Waals surface area contributed by atoms with E-state index in [-0.39, 0.29) is 12.0 Å². The van der Waals surface area contributed by atoms with Crippen LogP contribution in [0.1, 0.15) is 6.92 Å². The highest BCUT2D eigenvalue weighted by molar-refractivity contribution is 4.84. The predicted molar refractivity (Wildman–Crippen MR) is 40.0 cm³/mol. The molecule has 0 aromatic heterocycles. The van der Waals surface area contributed by atoms with Gasteiger partial charge in [-0.1, -0.05) is 6.92 Å². The molecule has 1 rings (SSSR count). The third-order valence-corrected chi connectivity index (χ3v) is 2.14. The molecule has 1 aliphatic rings. The number of aliphatic hydroxyl groups excluding tert-OH is 2. The fourth-order valence-corrected chi connectivity index (χ4v) is 1.42. The van der Waals surface area contributed by atoms with Gasteiger partial charge in [0, 0.05) is 6.04 Å². The van der Waals surface area contributed by atoms with Gasteiger partial charge in [0.15, 0.2) is 6.29 Å². The smallest absolute Gasteiger partial charge is 0.182 e. The molecule has 1 fully saturated rings. The molecule has 0 amide bonds. The summed E-state index contributed by atoms with van der Waals surface area (Å²) in [7, 11) is 1.77. The normalized spacial score (nSPS) is 45.8. The van der Waals surface area contributed by atoms with Crippen molar-refractivity contribution in [3.63, 3.8) is 0 Å². The first-order chi connectivity index (χ1) is 5.16. The molecule has 66 valence electrons. The number of hydrogen-bond acceptors (Lipinski definition) is 4. The van der Waals surface area contributed by atoms with Crippen LogP contribution in [0.15, 0.2) is 0 Å². The van der Waals surface area contributed by atoms with Crippen LogP contribution < -0.4 is 5.32 Å². The second-order valence-electron chi connectivity index (χ2n) is 3.01. The zero-order chi connectivity index (χ0) is 8.43. The Labute approximate surface area is 66.2 Å². The van der Waals surface area contributed by atoms with Crippen molar-refractivity contribution in [2.45, 2.75) is 25.4 Å². The molecule has 4 atom stereocenters. The van der Waals surface area contributed by atoms with Gasteiger partial charge in [0.1, 0.15) is 6.10 Å². The molecule has 0 aromatic carbocycles. The van der Waals surface area contributed by atoms with Crippen LogP contribution in [0.2, 0.25) is 0 Å². The Morgan fingerprint density at radius 3 is 2.55 bits per heavy atom. The summed E-state index contributed by atoms with van der Waals surface area (Å²) in [5.74, 6) is 0.235. The lowest BCUT2D eigenvalue weighted by Crippen LogP contribution is -2.54. The Morgan fingerprint density at radius 2 is 2.09 bits per heavy atom.